The van der Waals surface area contributed by atoms with Crippen LogP contribution in [0.15, 0.2) is 47.6 Å². The Morgan fingerprint density at radius 1 is 1.16 bits per heavy atom. The highest BCUT2D eigenvalue weighted by Crippen LogP contribution is 2.30. The van der Waals surface area contributed by atoms with Crippen molar-refractivity contribution in [3.63, 3.8) is 0 Å². The van der Waals surface area contributed by atoms with Crippen molar-refractivity contribution in [2.45, 2.75) is 5.16 Å². The SMILES string of the molecule is O=C(CSc1nnnn1-c1ccc(O)cc1)Nc1c(Cl)cccc1Cl. The van der Waals surface area contributed by atoms with Gasteiger partial charge < -0.3 is 10.4 Å². The monoisotopic (exact) mass is 395 g/mol. The van der Waals surface area contributed by atoms with E-state index in [-0.39, 0.29) is 17.4 Å². The average molecular weight is 396 g/mol. The van der Waals surface area contributed by atoms with Crippen molar-refractivity contribution in [1.29, 1.82) is 0 Å². The highest BCUT2D eigenvalue weighted by Gasteiger charge is 2.14. The number of phenolic OH excluding ortho intramolecular Hbond substituents is 1. The van der Waals surface area contributed by atoms with E-state index in [2.05, 4.69) is 20.8 Å². The second-order valence-electron chi connectivity index (χ2n) is 4.82. The summed E-state index contributed by atoms with van der Waals surface area (Å²) in [5, 5.41) is 24.6. The van der Waals surface area contributed by atoms with Crippen LogP contribution in [0.25, 0.3) is 5.69 Å². The number of aromatic hydroxyl groups is 1. The number of thioether (sulfide) groups is 1. The summed E-state index contributed by atoms with van der Waals surface area (Å²) in [6, 6.07) is 11.4. The van der Waals surface area contributed by atoms with Gasteiger partial charge in [0.15, 0.2) is 0 Å². The summed E-state index contributed by atoms with van der Waals surface area (Å²) in [6.07, 6.45) is 0. The number of benzene rings is 2. The molecule has 2 aromatic carbocycles. The van der Waals surface area contributed by atoms with Gasteiger partial charge in [-0.15, -0.1) is 5.10 Å². The molecule has 2 N–H and O–H groups in total. The van der Waals surface area contributed by atoms with Crippen LogP contribution in [0.1, 0.15) is 0 Å². The first-order chi connectivity index (χ1) is 12.0. The van der Waals surface area contributed by atoms with Crippen molar-refractivity contribution in [1.82, 2.24) is 20.2 Å². The fourth-order valence-corrected chi connectivity index (χ4v) is 3.13. The van der Waals surface area contributed by atoms with E-state index in [9.17, 15) is 9.90 Å². The summed E-state index contributed by atoms with van der Waals surface area (Å²) in [6.45, 7) is 0. The molecule has 0 atom stereocenters. The molecule has 0 unspecified atom stereocenters. The van der Waals surface area contributed by atoms with E-state index in [0.29, 0.717) is 26.6 Å². The second-order valence-corrected chi connectivity index (χ2v) is 6.58. The van der Waals surface area contributed by atoms with Crippen molar-refractivity contribution in [2.75, 3.05) is 11.1 Å². The minimum absolute atomic E-state index is 0.0695. The van der Waals surface area contributed by atoms with Crippen LogP contribution in [0.5, 0.6) is 5.75 Å². The van der Waals surface area contributed by atoms with Gasteiger partial charge >= 0.3 is 0 Å². The van der Waals surface area contributed by atoms with Gasteiger partial charge in [0.05, 0.1) is 27.2 Å². The Hall–Kier alpha value is -2.29. The Morgan fingerprint density at radius 2 is 1.84 bits per heavy atom. The van der Waals surface area contributed by atoms with Gasteiger partial charge in [-0.3, -0.25) is 4.79 Å². The number of phenols is 1. The largest absolute Gasteiger partial charge is 0.508 e. The molecule has 0 saturated carbocycles. The lowest BCUT2D eigenvalue weighted by molar-refractivity contribution is -0.113. The van der Waals surface area contributed by atoms with Gasteiger partial charge in [-0.05, 0) is 46.8 Å². The van der Waals surface area contributed by atoms with Gasteiger partial charge in [-0.1, -0.05) is 41.0 Å². The molecule has 3 rings (SSSR count). The lowest BCUT2D eigenvalue weighted by Gasteiger charge is -2.09. The molecular weight excluding hydrogens is 385 g/mol. The molecule has 25 heavy (non-hydrogen) atoms. The van der Waals surface area contributed by atoms with Crippen molar-refractivity contribution in [2.24, 2.45) is 0 Å². The summed E-state index contributed by atoms with van der Waals surface area (Å²) in [5.41, 5.74) is 1.04. The molecule has 3 aromatic rings. The molecule has 128 valence electrons. The first-order valence-corrected chi connectivity index (χ1v) is 8.73. The van der Waals surface area contributed by atoms with E-state index in [1.807, 2.05) is 0 Å². The number of nitrogens with zero attached hydrogens (tertiary/aromatic N) is 4. The highest BCUT2D eigenvalue weighted by atomic mass is 35.5. The molecule has 0 radical (unpaired) electrons. The molecule has 0 saturated heterocycles. The van der Waals surface area contributed by atoms with Crippen LogP contribution < -0.4 is 5.32 Å². The zero-order valence-electron chi connectivity index (χ0n) is 12.6. The number of amides is 1. The van der Waals surface area contributed by atoms with Gasteiger partial charge in [0.1, 0.15) is 5.75 Å². The third kappa shape index (κ3) is 4.22. The maximum Gasteiger partial charge on any atom is 0.234 e. The normalized spacial score (nSPS) is 10.6. The minimum Gasteiger partial charge on any atom is -0.508 e. The Kier molecular flexibility index (Phi) is 5.42. The highest BCUT2D eigenvalue weighted by molar-refractivity contribution is 7.99. The quantitative estimate of drug-likeness (QED) is 0.642. The first kappa shape index (κ1) is 17.5. The Morgan fingerprint density at radius 3 is 2.52 bits per heavy atom. The Balaban J connectivity index is 1.67. The second kappa shape index (κ2) is 7.73. The topological polar surface area (TPSA) is 92.9 Å². The number of nitrogens with one attached hydrogen (secondary N) is 1. The van der Waals surface area contributed by atoms with Gasteiger partial charge in [0.25, 0.3) is 0 Å². The fourth-order valence-electron chi connectivity index (χ4n) is 1.95. The molecule has 0 spiro atoms. The number of hydrogen-bond donors (Lipinski definition) is 2. The number of tetrazole rings is 1. The van der Waals surface area contributed by atoms with E-state index in [0.717, 1.165) is 11.8 Å². The zero-order valence-corrected chi connectivity index (χ0v) is 14.9. The number of carbonyl (C=O) groups is 1. The number of anilines is 1. The van der Waals surface area contributed by atoms with E-state index in [4.69, 9.17) is 23.2 Å². The Labute approximate surface area is 156 Å². The average Bonchev–Trinajstić information content (AvgIpc) is 3.06. The molecule has 1 heterocycles. The minimum atomic E-state index is -0.291. The molecule has 0 bridgehead atoms. The van der Waals surface area contributed by atoms with Crippen LogP contribution in [0.3, 0.4) is 0 Å². The molecule has 0 fully saturated rings. The van der Waals surface area contributed by atoms with Gasteiger partial charge in [0, 0.05) is 0 Å². The number of halogens is 2. The Bertz CT molecular complexity index is 881. The van der Waals surface area contributed by atoms with Gasteiger partial charge in [-0.25, -0.2) is 0 Å². The summed E-state index contributed by atoms with van der Waals surface area (Å²) < 4.78 is 1.47. The number of carbonyl (C=O) groups excluding carboxylic acids is 1. The van der Waals surface area contributed by atoms with Crippen molar-refractivity contribution >= 4 is 46.6 Å². The molecule has 0 aliphatic heterocycles. The number of para-hydroxylation sites is 1. The molecule has 0 aliphatic rings. The van der Waals surface area contributed by atoms with Crippen LogP contribution in [0.2, 0.25) is 10.0 Å². The lowest BCUT2D eigenvalue weighted by atomic mass is 10.3. The van der Waals surface area contributed by atoms with E-state index in [1.165, 1.54) is 16.8 Å². The summed E-state index contributed by atoms with van der Waals surface area (Å²) in [7, 11) is 0. The maximum absolute atomic E-state index is 12.1. The molecule has 7 nitrogen and oxygen atoms in total. The predicted octanol–water partition coefficient (Wildman–Crippen LogP) is 3.41. The van der Waals surface area contributed by atoms with Crippen molar-refractivity contribution in [3.05, 3.63) is 52.5 Å². The van der Waals surface area contributed by atoms with E-state index >= 15 is 0 Å². The summed E-state index contributed by atoms with van der Waals surface area (Å²) in [4.78, 5) is 12.1. The van der Waals surface area contributed by atoms with Crippen LogP contribution in [0.4, 0.5) is 5.69 Å². The number of rotatable bonds is 5. The molecule has 10 heteroatoms. The van der Waals surface area contributed by atoms with Gasteiger partial charge in [0.2, 0.25) is 11.1 Å². The number of hydrogen-bond acceptors (Lipinski definition) is 6. The zero-order chi connectivity index (χ0) is 17.8. The van der Waals surface area contributed by atoms with Crippen LogP contribution >= 0.6 is 35.0 Å². The molecule has 0 aliphatic carbocycles. The summed E-state index contributed by atoms with van der Waals surface area (Å²) in [5.74, 6) is -0.0812. The lowest BCUT2D eigenvalue weighted by Crippen LogP contribution is -2.15. The first-order valence-electron chi connectivity index (χ1n) is 6.99. The maximum atomic E-state index is 12.1. The van der Waals surface area contributed by atoms with E-state index < -0.39 is 0 Å². The van der Waals surface area contributed by atoms with Crippen molar-refractivity contribution < 1.29 is 9.90 Å². The molecule has 1 amide bonds. The van der Waals surface area contributed by atoms with E-state index in [1.54, 1.807) is 30.3 Å². The van der Waals surface area contributed by atoms with Crippen LogP contribution in [-0.2, 0) is 4.79 Å². The van der Waals surface area contributed by atoms with Gasteiger partial charge in [-0.2, -0.15) is 4.68 Å². The predicted molar refractivity (Wildman–Crippen MR) is 96.6 cm³/mol. The van der Waals surface area contributed by atoms with Crippen LogP contribution in [0, 0.1) is 0 Å². The third-order valence-electron chi connectivity index (χ3n) is 3.09. The summed E-state index contributed by atoms with van der Waals surface area (Å²) >= 11 is 13.2. The molecule has 1 aromatic heterocycles. The third-order valence-corrected chi connectivity index (χ3v) is 4.64. The van der Waals surface area contributed by atoms with Crippen molar-refractivity contribution in [3.8, 4) is 11.4 Å². The smallest absolute Gasteiger partial charge is 0.234 e. The molecular formula is C15H11Cl2N5O2S. The van der Waals surface area contributed by atoms with Crippen LogP contribution in [-0.4, -0.2) is 37.0 Å². The fraction of sp³-hybridized carbons (Fsp3) is 0.0667. The number of aromatic nitrogens is 4. The standard InChI is InChI=1S/C15H11Cl2N5O2S/c16-11-2-1-3-12(17)14(11)18-13(24)8-25-15-19-20-21-22(15)9-4-6-10(23)7-5-9/h1-7,23H,8H2,(H,18,24).